The number of halogens is 1. The molecule has 0 aliphatic rings. The normalized spacial score (nSPS) is 10.7. The molecule has 2 aromatic carbocycles. The predicted octanol–water partition coefficient (Wildman–Crippen LogP) is 5.88. The maximum Gasteiger partial charge on any atom is 0.337 e. The number of aryl methyl sites for hydroxylation is 1. The molecule has 0 bridgehead atoms. The van der Waals surface area contributed by atoms with Crippen LogP contribution in [0.3, 0.4) is 0 Å². The fourth-order valence-corrected chi connectivity index (χ4v) is 2.86. The van der Waals surface area contributed by atoms with Crippen LogP contribution in [-0.2, 0) is 11.2 Å². The highest BCUT2D eigenvalue weighted by molar-refractivity contribution is 5.89. The zero-order chi connectivity index (χ0) is 18.5. The van der Waals surface area contributed by atoms with Crippen LogP contribution >= 0.6 is 0 Å². The van der Waals surface area contributed by atoms with E-state index in [1.54, 1.807) is 24.3 Å². The number of hydrogen-bond acceptors (Lipinski definition) is 3. The van der Waals surface area contributed by atoms with Gasteiger partial charge in [0.1, 0.15) is 17.3 Å². The van der Waals surface area contributed by atoms with Crippen molar-refractivity contribution < 1.29 is 18.3 Å². The number of carbonyl (C=O) groups is 1. The van der Waals surface area contributed by atoms with Crippen LogP contribution in [0.15, 0.2) is 59.0 Å². The maximum atomic E-state index is 13.2. The molecule has 0 atom stereocenters. The van der Waals surface area contributed by atoms with E-state index in [0.717, 1.165) is 47.5 Å². The zero-order valence-electron chi connectivity index (χ0n) is 14.9. The third-order valence-electron chi connectivity index (χ3n) is 4.31. The van der Waals surface area contributed by atoms with Crippen LogP contribution in [0.1, 0.15) is 35.7 Å². The molecular formula is C22H21FO3. The fraction of sp³-hybridized carbons (Fsp3) is 0.227. The van der Waals surface area contributed by atoms with Gasteiger partial charge in [0, 0.05) is 11.1 Å². The molecular weight excluding hydrogens is 331 g/mol. The second kappa shape index (κ2) is 8.00. The molecule has 3 nitrogen and oxygen atoms in total. The van der Waals surface area contributed by atoms with E-state index in [4.69, 9.17) is 9.15 Å². The second-order valence-corrected chi connectivity index (χ2v) is 6.14. The van der Waals surface area contributed by atoms with E-state index in [2.05, 4.69) is 6.92 Å². The van der Waals surface area contributed by atoms with Crippen molar-refractivity contribution in [3.63, 3.8) is 0 Å². The van der Waals surface area contributed by atoms with E-state index in [-0.39, 0.29) is 11.8 Å². The van der Waals surface area contributed by atoms with Gasteiger partial charge in [-0.15, -0.1) is 0 Å². The third-order valence-corrected chi connectivity index (χ3v) is 4.31. The number of esters is 1. The highest BCUT2D eigenvalue weighted by Gasteiger charge is 2.15. The van der Waals surface area contributed by atoms with Gasteiger partial charge < -0.3 is 9.15 Å². The van der Waals surface area contributed by atoms with Crippen molar-refractivity contribution in [2.45, 2.75) is 26.2 Å². The Hall–Kier alpha value is -2.88. The molecule has 0 saturated carbocycles. The van der Waals surface area contributed by atoms with Gasteiger partial charge in [0.25, 0.3) is 0 Å². The molecule has 134 valence electrons. The average Bonchev–Trinajstić information content (AvgIpc) is 3.10. The molecule has 0 fully saturated rings. The number of hydrogen-bond donors (Lipinski definition) is 0. The minimum atomic E-state index is -0.369. The molecule has 0 amide bonds. The van der Waals surface area contributed by atoms with Crippen molar-refractivity contribution in [2.24, 2.45) is 0 Å². The first-order valence-electron chi connectivity index (χ1n) is 8.69. The Morgan fingerprint density at radius 1 is 1.04 bits per heavy atom. The van der Waals surface area contributed by atoms with Gasteiger partial charge in [0.15, 0.2) is 0 Å². The van der Waals surface area contributed by atoms with Gasteiger partial charge in [0.2, 0.25) is 0 Å². The molecule has 0 unspecified atom stereocenters. The number of methoxy groups -OCH3 is 1. The number of rotatable bonds is 6. The van der Waals surface area contributed by atoms with Gasteiger partial charge in [-0.1, -0.05) is 25.5 Å². The van der Waals surface area contributed by atoms with E-state index in [1.165, 1.54) is 19.2 Å². The number of unbranched alkanes of at least 4 members (excludes halogenated alkanes) is 1. The molecule has 1 aromatic heterocycles. The quantitative estimate of drug-likeness (QED) is 0.520. The van der Waals surface area contributed by atoms with E-state index >= 15 is 0 Å². The SMILES string of the molecule is CCCCc1cc(-c2ccc(C(=O)OC)cc2)oc1-c1ccc(F)cc1. The van der Waals surface area contributed by atoms with Crippen LogP contribution in [0.25, 0.3) is 22.6 Å². The molecule has 0 aliphatic carbocycles. The van der Waals surface area contributed by atoms with Crippen molar-refractivity contribution >= 4 is 5.97 Å². The highest BCUT2D eigenvalue weighted by atomic mass is 19.1. The fourth-order valence-electron chi connectivity index (χ4n) is 2.86. The van der Waals surface area contributed by atoms with Crippen molar-refractivity contribution in [3.8, 4) is 22.6 Å². The summed E-state index contributed by atoms with van der Waals surface area (Å²) in [5.41, 5.74) is 3.33. The standard InChI is InChI=1S/C22H21FO3/c1-3-4-5-18-14-20(15-6-8-17(9-7-15)22(24)25-2)26-21(18)16-10-12-19(23)13-11-16/h6-14H,3-5H2,1-2H3. The van der Waals surface area contributed by atoms with Crippen molar-refractivity contribution in [2.75, 3.05) is 7.11 Å². The summed E-state index contributed by atoms with van der Waals surface area (Å²) in [5.74, 6) is 0.859. The van der Waals surface area contributed by atoms with Gasteiger partial charge in [-0.25, -0.2) is 9.18 Å². The molecule has 0 saturated heterocycles. The summed E-state index contributed by atoms with van der Waals surface area (Å²) in [5, 5.41) is 0. The summed E-state index contributed by atoms with van der Waals surface area (Å²) in [6.45, 7) is 2.14. The Morgan fingerprint density at radius 2 is 1.69 bits per heavy atom. The van der Waals surface area contributed by atoms with Gasteiger partial charge in [0.05, 0.1) is 12.7 Å². The Morgan fingerprint density at radius 3 is 2.31 bits per heavy atom. The zero-order valence-corrected chi connectivity index (χ0v) is 14.9. The molecule has 1 heterocycles. The van der Waals surface area contributed by atoms with E-state index in [0.29, 0.717) is 5.56 Å². The van der Waals surface area contributed by atoms with Crippen LogP contribution in [0, 0.1) is 5.82 Å². The lowest BCUT2D eigenvalue weighted by atomic mass is 10.0. The van der Waals surface area contributed by atoms with Crippen molar-refractivity contribution in [3.05, 3.63) is 71.5 Å². The number of ether oxygens (including phenoxy) is 1. The minimum Gasteiger partial charge on any atom is -0.465 e. The molecule has 3 rings (SSSR count). The Kier molecular flexibility index (Phi) is 5.52. The molecule has 0 radical (unpaired) electrons. The van der Waals surface area contributed by atoms with Gasteiger partial charge >= 0.3 is 5.97 Å². The van der Waals surface area contributed by atoms with Gasteiger partial charge in [-0.2, -0.15) is 0 Å². The lowest BCUT2D eigenvalue weighted by Crippen LogP contribution is -2.00. The summed E-state index contributed by atoms with van der Waals surface area (Å²) in [4.78, 5) is 11.6. The van der Waals surface area contributed by atoms with Gasteiger partial charge in [-0.05, 0) is 60.9 Å². The highest BCUT2D eigenvalue weighted by Crippen LogP contribution is 2.34. The van der Waals surface area contributed by atoms with E-state index in [1.807, 2.05) is 18.2 Å². The summed E-state index contributed by atoms with van der Waals surface area (Å²) in [6, 6.07) is 15.5. The van der Waals surface area contributed by atoms with E-state index in [9.17, 15) is 9.18 Å². The van der Waals surface area contributed by atoms with Crippen LogP contribution in [-0.4, -0.2) is 13.1 Å². The summed E-state index contributed by atoms with van der Waals surface area (Å²) < 4.78 is 24.1. The molecule has 26 heavy (non-hydrogen) atoms. The summed E-state index contributed by atoms with van der Waals surface area (Å²) >= 11 is 0. The Labute approximate surface area is 152 Å². The second-order valence-electron chi connectivity index (χ2n) is 6.14. The van der Waals surface area contributed by atoms with Crippen molar-refractivity contribution in [1.29, 1.82) is 0 Å². The maximum absolute atomic E-state index is 13.2. The Bertz CT molecular complexity index is 877. The molecule has 0 spiro atoms. The monoisotopic (exact) mass is 352 g/mol. The first-order chi connectivity index (χ1) is 12.6. The van der Waals surface area contributed by atoms with Crippen LogP contribution in [0.5, 0.6) is 0 Å². The first-order valence-corrected chi connectivity index (χ1v) is 8.69. The van der Waals surface area contributed by atoms with Crippen molar-refractivity contribution in [1.82, 2.24) is 0 Å². The lowest BCUT2D eigenvalue weighted by molar-refractivity contribution is 0.0600. The van der Waals surface area contributed by atoms with Gasteiger partial charge in [-0.3, -0.25) is 0 Å². The average molecular weight is 352 g/mol. The summed E-state index contributed by atoms with van der Waals surface area (Å²) in [7, 11) is 1.36. The largest absolute Gasteiger partial charge is 0.465 e. The summed E-state index contributed by atoms with van der Waals surface area (Å²) in [6.07, 6.45) is 3.03. The predicted molar refractivity (Wildman–Crippen MR) is 99.5 cm³/mol. The topological polar surface area (TPSA) is 39.4 Å². The smallest absolute Gasteiger partial charge is 0.337 e. The number of carbonyl (C=O) groups excluding carboxylic acids is 1. The minimum absolute atomic E-state index is 0.269. The number of furan rings is 1. The first kappa shape index (κ1) is 17.9. The molecule has 0 aliphatic heterocycles. The van der Waals surface area contributed by atoms with Crippen LogP contribution in [0.2, 0.25) is 0 Å². The number of benzene rings is 2. The van der Waals surface area contributed by atoms with Crippen LogP contribution in [0.4, 0.5) is 4.39 Å². The molecule has 3 aromatic rings. The van der Waals surface area contributed by atoms with E-state index < -0.39 is 0 Å². The third kappa shape index (κ3) is 3.85. The van der Waals surface area contributed by atoms with Crippen LogP contribution < -0.4 is 0 Å². The molecule has 0 N–H and O–H groups in total. The molecule has 4 heteroatoms. The lowest BCUT2D eigenvalue weighted by Gasteiger charge is -2.02. The Balaban J connectivity index is 1.97.